The molecule has 0 radical (unpaired) electrons. The first-order chi connectivity index (χ1) is 13.9. The van der Waals surface area contributed by atoms with Gasteiger partial charge < -0.3 is 10.1 Å². The molecule has 10 heteroatoms. The third-order valence-electron chi connectivity index (χ3n) is 4.49. The van der Waals surface area contributed by atoms with E-state index in [2.05, 4.69) is 17.1 Å². The number of hydrogen-bond acceptors (Lipinski definition) is 8. The number of thiophene rings is 2. The molecular formula is C19H21N3O5S2. The van der Waals surface area contributed by atoms with Crippen LogP contribution < -0.4 is 5.32 Å². The second kappa shape index (κ2) is 9.29. The third kappa shape index (κ3) is 4.89. The van der Waals surface area contributed by atoms with Crippen molar-refractivity contribution in [2.75, 3.05) is 25.0 Å². The van der Waals surface area contributed by atoms with Gasteiger partial charge in [0.05, 0.1) is 17.1 Å². The fourth-order valence-electron chi connectivity index (χ4n) is 3.07. The zero-order valence-electron chi connectivity index (χ0n) is 16.1. The number of hydrogen-bond donors (Lipinski definition) is 1. The van der Waals surface area contributed by atoms with Crippen LogP contribution in [0.2, 0.25) is 0 Å². The molecule has 0 unspecified atom stereocenters. The Balaban J connectivity index is 1.80. The SMILES string of the molecule is CCOC(=O)c1c(NC(=O)/C=C/c2ccc([N+](=O)[O-])s2)sc2c1CCN(CC)C2. The van der Waals surface area contributed by atoms with Crippen LogP contribution >= 0.6 is 22.7 Å². The topological polar surface area (TPSA) is 102 Å². The first-order valence-corrected chi connectivity index (χ1v) is 10.8. The summed E-state index contributed by atoms with van der Waals surface area (Å²) in [6.07, 6.45) is 3.56. The number of fused-ring (bicyclic) bond motifs is 1. The number of esters is 1. The van der Waals surface area contributed by atoms with Gasteiger partial charge >= 0.3 is 11.0 Å². The van der Waals surface area contributed by atoms with Crippen LogP contribution in [0.15, 0.2) is 18.2 Å². The zero-order chi connectivity index (χ0) is 21.0. The van der Waals surface area contributed by atoms with Gasteiger partial charge in [-0.05, 0) is 37.6 Å². The minimum atomic E-state index is -0.469. The van der Waals surface area contributed by atoms with Crippen molar-refractivity contribution in [3.05, 3.63) is 49.2 Å². The summed E-state index contributed by atoms with van der Waals surface area (Å²) in [7, 11) is 0. The molecule has 0 bridgehead atoms. The molecule has 0 saturated heterocycles. The molecule has 154 valence electrons. The largest absolute Gasteiger partial charge is 0.462 e. The molecule has 2 aromatic heterocycles. The van der Waals surface area contributed by atoms with Crippen molar-refractivity contribution >= 4 is 50.6 Å². The summed E-state index contributed by atoms with van der Waals surface area (Å²) in [6, 6.07) is 2.98. The average molecular weight is 436 g/mol. The minimum Gasteiger partial charge on any atom is -0.462 e. The third-order valence-corrected chi connectivity index (χ3v) is 6.63. The molecule has 0 aromatic carbocycles. The minimum absolute atomic E-state index is 0.0149. The Bertz CT molecular complexity index is 963. The van der Waals surface area contributed by atoms with Crippen molar-refractivity contribution in [1.82, 2.24) is 4.90 Å². The highest BCUT2D eigenvalue weighted by Gasteiger charge is 2.28. The molecule has 1 aliphatic rings. The Morgan fingerprint density at radius 2 is 2.14 bits per heavy atom. The molecule has 0 spiro atoms. The number of nitrogens with one attached hydrogen (secondary N) is 1. The van der Waals surface area contributed by atoms with Crippen LogP contribution in [0.5, 0.6) is 0 Å². The number of likely N-dealkylation sites (N-methyl/N-ethyl adjacent to an activating group) is 1. The summed E-state index contributed by atoms with van der Waals surface area (Å²) in [6.45, 7) is 6.62. The van der Waals surface area contributed by atoms with Gasteiger partial charge in [0, 0.05) is 35.0 Å². The summed E-state index contributed by atoms with van der Waals surface area (Å²) in [4.78, 5) is 39.2. The first kappa shape index (κ1) is 21.2. The van der Waals surface area contributed by atoms with Gasteiger partial charge in [0.1, 0.15) is 5.00 Å². The van der Waals surface area contributed by atoms with Crippen molar-refractivity contribution < 1.29 is 19.2 Å². The quantitative estimate of drug-likeness (QED) is 0.306. The normalized spacial score (nSPS) is 14.0. The summed E-state index contributed by atoms with van der Waals surface area (Å²) < 4.78 is 5.20. The highest BCUT2D eigenvalue weighted by Crippen LogP contribution is 2.37. The molecule has 0 saturated carbocycles. The molecule has 1 amide bonds. The van der Waals surface area contributed by atoms with Crippen molar-refractivity contribution in [2.24, 2.45) is 0 Å². The van der Waals surface area contributed by atoms with Gasteiger partial charge in [0.15, 0.2) is 0 Å². The van der Waals surface area contributed by atoms with Gasteiger partial charge in [0.2, 0.25) is 5.91 Å². The molecule has 3 heterocycles. The summed E-state index contributed by atoms with van der Waals surface area (Å²) in [5.74, 6) is -0.833. The van der Waals surface area contributed by atoms with E-state index in [9.17, 15) is 19.7 Å². The lowest BCUT2D eigenvalue weighted by atomic mass is 10.0. The monoisotopic (exact) mass is 435 g/mol. The average Bonchev–Trinajstić information content (AvgIpc) is 3.30. The van der Waals surface area contributed by atoms with E-state index < -0.39 is 16.8 Å². The van der Waals surface area contributed by atoms with E-state index in [1.54, 1.807) is 13.0 Å². The van der Waals surface area contributed by atoms with Crippen molar-refractivity contribution in [1.29, 1.82) is 0 Å². The molecule has 0 atom stereocenters. The van der Waals surface area contributed by atoms with E-state index in [1.807, 2.05) is 0 Å². The lowest BCUT2D eigenvalue weighted by Gasteiger charge is -2.25. The van der Waals surface area contributed by atoms with Crippen LogP contribution in [0.4, 0.5) is 10.0 Å². The van der Waals surface area contributed by atoms with Crippen LogP contribution in [-0.2, 0) is 22.5 Å². The van der Waals surface area contributed by atoms with E-state index in [1.165, 1.54) is 29.6 Å². The number of carbonyl (C=O) groups is 2. The van der Waals surface area contributed by atoms with Crippen LogP contribution in [0.25, 0.3) is 6.08 Å². The van der Waals surface area contributed by atoms with Crippen LogP contribution in [0, 0.1) is 10.1 Å². The highest BCUT2D eigenvalue weighted by molar-refractivity contribution is 7.17. The first-order valence-electron chi connectivity index (χ1n) is 9.20. The number of amides is 1. The zero-order valence-corrected chi connectivity index (χ0v) is 17.7. The van der Waals surface area contributed by atoms with Crippen LogP contribution in [0.1, 0.15) is 39.5 Å². The van der Waals surface area contributed by atoms with Crippen molar-refractivity contribution in [3.63, 3.8) is 0 Å². The summed E-state index contributed by atoms with van der Waals surface area (Å²) in [5.41, 5.74) is 1.39. The Morgan fingerprint density at radius 1 is 1.34 bits per heavy atom. The highest BCUT2D eigenvalue weighted by atomic mass is 32.1. The maximum atomic E-state index is 12.5. The van der Waals surface area contributed by atoms with E-state index >= 15 is 0 Å². The summed E-state index contributed by atoms with van der Waals surface area (Å²) >= 11 is 2.38. The Morgan fingerprint density at radius 3 is 2.79 bits per heavy atom. The number of anilines is 1. The Labute approximate surface area is 175 Å². The number of nitrogens with zero attached hydrogens (tertiary/aromatic N) is 2. The molecule has 0 fully saturated rings. The Kier molecular flexibility index (Phi) is 6.78. The Hall–Kier alpha value is -2.56. The molecule has 8 nitrogen and oxygen atoms in total. The molecular weight excluding hydrogens is 414 g/mol. The molecule has 29 heavy (non-hydrogen) atoms. The predicted molar refractivity (Wildman–Crippen MR) is 114 cm³/mol. The fraction of sp³-hybridized carbons (Fsp3) is 0.368. The van der Waals surface area contributed by atoms with E-state index in [0.717, 1.165) is 47.8 Å². The predicted octanol–water partition coefficient (Wildman–Crippen LogP) is 3.92. The lowest BCUT2D eigenvalue weighted by molar-refractivity contribution is -0.380. The van der Waals surface area contributed by atoms with Gasteiger partial charge in [0.25, 0.3) is 0 Å². The standard InChI is InChI=1S/C19H21N3O5S2/c1-3-21-10-9-13-14(11-21)29-18(17(13)19(24)27-4-2)20-15(23)7-5-12-6-8-16(28-12)22(25)26/h5-8H,3-4,9-11H2,1-2H3,(H,20,23)/b7-5+. The van der Waals surface area contributed by atoms with Gasteiger partial charge in [-0.25, -0.2) is 4.79 Å². The van der Waals surface area contributed by atoms with Crippen LogP contribution in [-0.4, -0.2) is 41.4 Å². The molecule has 3 rings (SSSR count). The smallest absolute Gasteiger partial charge is 0.341 e. The maximum absolute atomic E-state index is 12.5. The van der Waals surface area contributed by atoms with Gasteiger partial charge in [-0.2, -0.15) is 0 Å². The molecule has 2 aromatic rings. The molecule has 1 N–H and O–H groups in total. The molecule has 0 aliphatic carbocycles. The maximum Gasteiger partial charge on any atom is 0.341 e. The van der Waals surface area contributed by atoms with Crippen LogP contribution in [0.3, 0.4) is 0 Å². The van der Waals surface area contributed by atoms with E-state index in [-0.39, 0.29) is 11.6 Å². The number of ether oxygens (including phenoxy) is 1. The molecule has 1 aliphatic heterocycles. The van der Waals surface area contributed by atoms with Gasteiger partial charge in [-0.1, -0.05) is 18.3 Å². The second-order valence-corrected chi connectivity index (χ2v) is 8.50. The lowest BCUT2D eigenvalue weighted by Crippen LogP contribution is -2.30. The van der Waals surface area contributed by atoms with E-state index in [0.29, 0.717) is 15.4 Å². The van der Waals surface area contributed by atoms with Crippen molar-refractivity contribution in [2.45, 2.75) is 26.8 Å². The van der Waals surface area contributed by atoms with Gasteiger partial charge in [-0.3, -0.25) is 19.8 Å². The fourth-order valence-corrected chi connectivity index (χ4v) is 5.08. The number of nitro groups is 1. The summed E-state index contributed by atoms with van der Waals surface area (Å²) in [5, 5.41) is 14.0. The number of rotatable bonds is 7. The van der Waals surface area contributed by atoms with E-state index in [4.69, 9.17) is 4.74 Å². The number of carbonyl (C=O) groups excluding carboxylic acids is 2. The van der Waals surface area contributed by atoms with Gasteiger partial charge in [-0.15, -0.1) is 11.3 Å². The second-order valence-electron chi connectivity index (χ2n) is 6.30. The van der Waals surface area contributed by atoms with Crippen molar-refractivity contribution in [3.8, 4) is 0 Å².